The summed E-state index contributed by atoms with van der Waals surface area (Å²) < 4.78 is 14.1. The van der Waals surface area contributed by atoms with Gasteiger partial charge in [0.15, 0.2) is 0 Å². The van der Waals surface area contributed by atoms with Crippen LogP contribution in [0, 0.1) is 11.7 Å². The van der Waals surface area contributed by atoms with Crippen molar-refractivity contribution in [2.45, 2.75) is 18.9 Å². The van der Waals surface area contributed by atoms with Crippen LogP contribution in [0.15, 0.2) is 22.7 Å². The molecule has 86 valence electrons. The van der Waals surface area contributed by atoms with Gasteiger partial charge in [-0.05, 0) is 31.0 Å². The number of halogens is 2. The normalized spacial score (nSPS) is 23.7. The Bertz CT molecular complexity index is 418. The molecule has 1 fully saturated rings. The molecule has 3 nitrogen and oxygen atoms in total. The highest BCUT2D eigenvalue weighted by Gasteiger charge is 2.32. The summed E-state index contributed by atoms with van der Waals surface area (Å²) in [6, 6.07) is 4.56. The summed E-state index contributed by atoms with van der Waals surface area (Å²) in [5.41, 5.74) is 5.80. The minimum Gasteiger partial charge on any atom is -0.328 e. The van der Waals surface area contributed by atoms with Gasteiger partial charge in [0.2, 0.25) is 5.91 Å². The average Bonchev–Trinajstić information content (AvgIpc) is 2.19. The van der Waals surface area contributed by atoms with E-state index >= 15 is 0 Å². The molecule has 0 atom stereocenters. The molecule has 0 saturated heterocycles. The van der Waals surface area contributed by atoms with E-state index in [0.29, 0.717) is 12.8 Å². The van der Waals surface area contributed by atoms with Crippen LogP contribution in [0.1, 0.15) is 12.8 Å². The molecule has 16 heavy (non-hydrogen) atoms. The lowest BCUT2D eigenvalue weighted by atomic mass is 9.80. The second-order valence-corrected chi connectivity index (χ2v) is 4.96. The van der Waals surface area contributed by atoms with Gasteiger partial charge in [0.05, 0.1) is 5.69 Å². The van der Waals surface area contributed by atoms with Crippen molar-refractivity contribution < 1.29 is 9.18 Å². The molecule has 3 N–H and O–H groups in total. The van der Waals surface area contributed by atoms with E-state index < -0.39 is 5.82 Å². The lowest BCUT2D eigenvalue weighted by Crippen LogP contribution is -2.42. The molecule has 0 bridgehead atoms. The molecule has 0 heterocycles. The molecule has 1 aliphatic carbocycles. The van der Waals surface area contributed by atoms with Gasteiger partial charge in [0, 0.05) is 16.4 Å². The highest BCUT2D eigenvalue weighted by atomic mass is 79.9. The number of rotatable bonds is 2. The topological polar surface area (TPSA) is 55.1 Å². The molecule has 1 amide bonds. The monoisotopic (exact) mass is 286 g/mol. The van der Waals surface area contributed by atoms with Gasteiger partial charge in [-0.1, -0.05) is 15.9 Å². The summed E-state index contributed by atoms with van der Waals surface area (Å²) in [6.07, 6.45) is 1.36. The Labute approximate surface area is 101 Å². The molecule has 0 aromatic heterocycles. The van der Waals surface area contributed by atoms with Gasteiger partial charge < -0.3 is 11.1 Å². The third kappa shape index (κ3) is 2.41. The minimum absolute atomic E-state index is 0.0756. The maximum Gasteiger partial charge on any atom is 0.227 e. The van der Waals surface area contributed by atoms with Crippen LogP contribution in [0.2, 0.25) is 0 Å². The van der Waals surface area contributed by atoms with E-state index in [4.69, 9.17) is 5.73 Å². The lowest BCUT2D eigenvalue weighted by Gasteiger charge is -2.31. The van der Waals surface area contributed by atoms with Crippen molar-refractivity contribution in [3.8, 4) is 0 Å². The third-order valence-corrected chi connectivity index (χ3v) is 3.22. The van der Waals surface area contributed by atoms with Gasteiger partial charge in [0.1, 0.15) is 5.82 Å². The van der Waals surface area contributed by atoms with E-state index in [1.165, 1.54) is 6.07 Å². The van der Waals surface area contributed by atoms with Crippen molar-refractivity contribution >= 4 is 27.5 Å². The standard InChI is InChI=1S/C11H12BrFN2O/c12-7-1-2-9(13)10(5-7)15-11(16)6-3-8(14)4-6/h1-2,5-6,8H,3-4,14H2,(H,15,16). The molecule has 1 aromatic carbocycles. The summed E-state index contributed by atoms with van der Waals surface area (Å²) in [4.78, 5) is 11.7. The van der Waals surface area contributed by atoms with Gasteiger partial charge in [-0.2, -0.15) is 0 Å². The molecule has 5 heteroatoms. The van der Waals surface area contributed by atoms with Crippen molar-refractivity contribution in [1.82, 2.24) is 0 Å². The van der Waals surface area contributed by atoms with Crippen LogP contribution >= 0.6 is 15.9 Å². The van der Waals surface area contributed by atoms with Gasteiger partial charge in [-0.15, -0.1) is 0 Å². The van der Waals surface area contributed by atoms with Crippen molar-refractivity contribution in [3.63, 3.8) is 0 Å². The molecule has 1 aliphatic rings. The van der Waals surface area contributed by atoms with Crippen molar-refractivity contribution in [2.75, 3.05) is 5.32 Å². The van der Waals surface area contributed by atoms with Crippen LogP contribution in [0.4, 0.5) is 10.1 Å². The lowest BCUT2D eigenvalue weighted by molar-refractivity contribution is -0.122. The Balaban J connectivity index is 2.03. The number of amides is 1. The van der Waals surface area contributed by atoms with Crippen LogP contribution in [0.5, 0.6) is 0 Å². The first-order valence-corrected chi connectivity index (χ1v) is 5.87. The Kier molecular flexibility index (Phi) is 3.25. The van der Waals surface area contributed by atoms with Crippen LogP contribution in [-0.4, -0.2) is 11.9 Å². The Morgan fingerprint density at radius 1 is 1.50 bits per heavy atom. The zero-order valence-corrected chi connectivity index (χ0v) is 10.1. The van der Waals surface area contributed by atoms with E-state index in [2.05, 4.69) is 21.2 Å². The molecule has 1 saturated carbocycles. The van der Waals surface area contributed by atoms with Gasteiger partial charge >= 0.3 is 0 Å². The fourth-order valence-corrected chi connectivity index (χ4v) is 2.07. The van der Waals surface area contributed by atoms with Gasteiger partial charge in [-0.25, -0.2) is 4.39 Å². The summed E-state index contributed by atoms with van der Waals surface area (Å²) >= 11 is 3.23. The molecule has 0 spiro atoms. The molecule has 0 aliphatic heterocycles. The second kappa shape index (κ2) is 4.51. The van der Waals surface area contributed by atoms with Crippen molar-refractivity contribution in [1.29, 1.82) is 0 Å². The van der Waals surface area contributed by atoms with Gasteiger partial charge in [0.25, 0.3) is 0 Å². The van der Waals surface area contributed by atoms with E-state index in [1.807, 2.05) is 0 Å². The van der Waals surface area contributed by atoms with Crippen LogP contribution in [0.3, 0.4) is 0 Å². The first-order valence-electron chi connectivity index (χ1n) is 5.08. The molecular formula is C11H12BrFN2O. The number of anilines is 1. The third-order valence-electron chi connectivity index (χ3n) is 2.73. The summed E-state index contributed by atoms with van der Waals surface area (Å²) in [5.74, 6) is -0.660. The van der Waals surface area contributed by atoms with Gasteiger partial charge in [-0.3, -0.25) is 4.79 Å². The maximum absolute atomic E-state index is 13.3. The van der Waals surface area contributed by atoms with E-state index in [-0.39, 0.29) is 23.6 Å². The van der Waals surface area contributed by atoms with E-state index in [0.717, 1.165) is 4.47 Å². The number of hydrogen-bond acceptors (Lipinski definition) is 2. The van der Waals surface area contributed by atoms with Crippen LogP contribution in [0.25, 0.3) is 0 Å². The first-order chi connectivity index (χ1) is 7.56. The number of benzene rings is 1. The van der Waals surface area contributed by atoms with E-state index in [1.54, 1.807) is 12.1 Å². The second-order valence-electron chi connectivity index (χ2n) is 4.04. The Hall–Kier alpha value is -0.940. The highest BCUT2D eigenvalue weighted by molar-refractivity contribution is 9.10. The molecule has 0 radical (unpaired) electrons. The number of hydrogen-bond donors (Lipinski definition) is 2. The number of carbonyl (C=O) groups excluding carboxylic acids is 1. The molecule has 2 rings (SSSR count). The molecule has 0 unspecified atom stereocenters. The van der Waals surface area contributed by atoms with Crippen molar-refractivity contribution in [2.24, 2.45) is 11.7 Å². The van der Waals surface area contributed by atoms with Crippen molar-refractivity contribution in [3.05, 3.63) is 28.5 Å². The molecule has 1 aromatic rings. The highest BCUT2D eigenvalue weighted by Crippen LogP contribution is 2.28. The predicted molar refractivity (Wildman–Crippen MR) is 63.4 cm³/mol. The fraction of sp³-hybridized carbons (Fsp3) is 0.364. The zero-order valence-electron chi connectivity index (χ0n) is 8.54. The summed E-state index contributed by atoms with van der Waals surface area (Å²) in [5, 5.41) is 2.57. The quantitative estimate of drug-likeness (QED) is 0.876. The Morgan fingerprint density at radius 2 is 2.19 bits per heavy atom. The fourth-order valence-electron chi connectivity index (χ4n) is 1.70. The average molecular weight is 287 g/mol. The Morgan fingerprint density at radius 3 is 2.81 bits per heavy atom. The SMILES string of the molecule is NC1CC(C(=O)Nc2cc(Br)ccc2F)C1. The largest absolute Gasteiger partial charge is 0.328 e. The first kappa shape index (κ1) is 11.5. The number of carbonyl (C=O) groups is 1. The summed E-state index contributed by atoms with van der Waals surface area (Å²) in [6.45, 7) is 0. The smallest absolute Gasteiger partial charge is 0.227 e. The minimum atomic E-state index is -0.430. The number of nitrogens with two attached hydrogens (primary N) is 1. The summed E-state index contributed by atoms with van der Waals surface area (Å²) in [7, 11) is 0. The predicted octanol–water partition coefficient (Wildman–Crippen LogP) is 2.26. The number of nitrogens with one attached hydrogen (secondary N) is 1. The maximum atomic E-state index is 13.3. The zero-order chi connectivity index (χ0) is 11.7. The van der Waals surface area contributed by atoms with Crippen LogP contribution in [-0.2, 0) is 4.79 Å². The molecular weight excluding hydrogens is 275 g/mol. The van der Waals surface area contributed by atoms with Crippen LogP contribution < -0.4 is 11.1 Å². The van der Waals surface area contributed by atoms with E-state index in [9.17, 15) is 9.18 Å².